The van der Waals surface area contributed by atoms with Gasteiger partial charge in [0.2, 0.25) is 0 Å². The first-order chi connectivity index (χ1) is 42.3. The Morgan fingerprint density at radius 1 is 0.330 bits per heavy atom. The minimum Gasteiger partial charge on any atom is -0.462 e. The standard InChI is InChI=1S/C69H134O17P2/c1-8-11-12-13-14-15-16-20-29-36-43-50-66(71)79-56-65(86-69(74)53-46-39-32-25-23-28-35-42-49-62(7)10-3)59-84-88(77,78)82-55-63(70)54-81-87(75,76)83-58-64(57-80-67(72)51-44-37-30-24-22-27-34-41-48-61(6)9-2)85-68(73)52-45-38-31-21-18-17-19-26-33-40-47-60(4)5/h60-65,70H,8-59H2,1-7H3,(H,75,76)(H,77,78)/t61?,62?,63-,64-,65-/m1/s1. The van der Waals surface area contributed by atoms with Gasteiger partial charge in [-0.2, -0.15) is 0 Å². The van der Waals surface area contributed by atoms with Gasteiger partial charge in [-0.15, -0.1) is 0 Å². The molecule has 3 N–H and O–H groups in total. The smallest absolute Gasteiger partial charge is 0.462 e. The molecule has 0 fully saturated rings. The average molecular weight is 1300 g/mol. The minimum absolute atomic E-state index is 0.105. The SMILES string of the molecule is CCCCCCCCCCCCCC(=O)OC[C@H](COP(=O)(O)OC[C@H](O)COP(=O)(O)OC[C@@H](COC(=O)CCCCCCCCCCC(C)CC)OC(=O)CCCCCCCCCCCCC(C)C)OC(=O)CCCCCCCCCCC(C)CC. The van der Waals surface area contributed by atoms with Crippen LogP contribution in [-0.2, 0) is 65.4 Å². The largest absolute Gasteiger partial charge is 0.472 e. The van der Waals surface area contributed by atoms with E-state index < -0.39 is 97.5 Å². The van der Waals surface area contributed by atoms with Gasteiger partial charge in [0.25, 0.3) is 0 Å². The second-order valence-corrected chi connectivity index (χ2v) is 28.8. The molecule has 0 rings (SSSR count). The minimum atomic E-state index is -4.95. The lowest BCUT2D eigenvalue weighted by molar-refractivity contribution is -0.161. The van der Waals surface area contributed by atoms with E-state index in [1.807, 2.05) is 0 Å². The Balaban J connectivity index is 5.27. The highest BCUT2D eigenvalue weighted by Gasteiger charge is 2.30. The van der Waals surface area contributed by atoms with Crippen LogP contribution in [0.25, 0.3) is 0 Å². The van der Waals surface area contributed by atoms with Crippen LogP contribution in [0.4, 0.5) is 0 Å². The topological polar surface area (TPSA) is 237 Å². The molecule has 0 saturated carbocycles. The number of aliphatic hydroxyl groups is 1. The summed E-state index contributed by atoms with van der Waals surface area (Å²) >= 11 is 0. The zero-order chi connectivity index (χ0) is 65.2. The van der Waals surface area contributed by atoms with Crippen LogP contribution in [0.1, 0.15) is 344 Å². The number of hydrogen-bond acceptors (Lipinski definition) is 15. The molecule has 0 aromatic rings. The predicted octanol–water partition coefficient (Wildman–Crippen LogP) is 19.5. The van der Waals surface area contributed by atoms with Gasteiger partial charge in [0, 0.05) is 25.7 Å². The summed E-state index contributed by atoms with van der Waals surface area (Å²) < 4.78 is 68.3. The van der Waals surface area contributed by atoms with Crippen LogP contribution in [0, 0.1) is 17.8 Å². The first kappa shape index (κ1) is 86.1. The number of esters is 4. The number of phosphoric acid groups is 2. The van der Waals surface area contributed by atoms with Gasteiger partial charge in [-0.3, -0.25) is 37.3 Å². The Morgan fingerprint density at radius 2 is 0.580 bits per heavy atom. The number of rotatable bonds is 67. The fraction of sp³-hybridized carbons (Fsp3) is 0.942. The van der Waals surface area contributed by atoms with Crippen LogP contribution < -0.4 is 0 Å². The van der Waals surface area contributed by atoms with Crippen molar-refractivity contribution in [2.45, 2.75) is 362 Å². The summed E-state index contributed by atoms with van der Waals surface area (Å²) in [6.07, 6.45) is 42.8. The molecule has 0 spiro atoms. The Kier molecular flexibility index (Phi) is 58.7. The lowest BCUT2D eigenvalue weighted by Crippen LogP contribution is -2.30. The lowest BCUT2D eigenvalue weighted by atomic mass is 9.99. The Morgan fingerprint density at radius 3 is 0.864 bits per heavy atom. The molecular weight excluding hydrogens is 1160 g/mol. The molecule has 0 aliphatic heterocycles. The molecular formula is C69H134O17P2. The molecule has 522 valence electrons. The number of phosphoric ester groups is 2. The number of carbonyl (C=O) groups excluding carboxylic acids is 4. The summed E-state index contributed by atoms with van der Waals surface area (Å²) in [5.74, 6) is 0.171. The van der Waals surface area contributed by atoms with Crippen molar-refractivity contribution in [3.8, 4) is 0 Å². The molecule has 19 heteroatoms. The number of unbranched alkanes of at least 4 members (excludes halogenated alkanes) is 33. The molecule has 7 atom stereocenters. The molecule has 0 aromatic carbocycles. The summed E-state index contributed by atoms with van der Waals surface area (Å²) in [7, 11) is -9.90. The fourth-order valence-electron chi connectivity index (χ4n) is 10.3. The maximum atomic E-state index is 13.0. The zero-order valence-corrected chi connectivity index (χ0v) is 59.0. The van der Waals surface area contributed by atoms with Gasteiger partial charge in [-0.1, -0.05) is 292 Å². The van der Waals surface area contributed by atoms with E-state index in [2.05, 4.69) is 48.5 Å². The predicted molar refractivity (Wildman–Crippen MR) is 354 cm³/mol. The van der Waals surface area contributed by atoms with Crippen molar-refractivity contribution in [1.82, 2.24) is 0 Å². The molecule has 0 aliphatic carbocycles. The van der Waals surface area contributed by atoms with Crippen molar-refractivity contribution in [2.24, 2.45) is 17.8 Å². The number of aliphatic hydroxyl groups excluding tert-OH is 1. The van der Waals surface area contributed by atoms with E-state index in [0.717, 1.165) is 108 Å². The van der Waals surface area contributed by atoms with Crippen LogP contribution in [0.3, 0.4) is 0 Å². The zero-order valence-electron chi connectivity index (χ0n) is 57.2. The van der Waals surface area contributed by atoms with Crippen molar-refractivity contribution in [2.75, 3.05) is 39.6 Å². The third-order valence-electron chi connectivity index (χ3n) is 16.6. The van der Waals surface area contributed by atoms with E-state index in [0.29, 0.717) is 25.7 Å². The van der Waals surface area contributed by atoms with Gasteiger partial charge >= 0.3 is 39.5 Å². The summed E-state index contributed by atoms with van der Waals surface area (Å²) in [5.41, 5.74) is 0. The van der Waals surface area contributed by atoms with E-state index in [1.54, 1.807) is 0 Å². The molecule has 0 bridgehead atoms. The molecule has 4 unspecified atom stereocenters. The quantitative estimate of drug-likeness (QED) is 0.0222. The molecule has 0 aromatic heterocycles. The third-order valence-corrected chi connectivity index (χ3v) is 18.5. The van der Waals surface area contributed by atoms with E-state index in [4.69, 9.17) is 37.0 Å². The highest BCUT2D eigenvalue weighted by molar-refractivity contribution is 7.47. The molecule has 0 saturated heterocycles. The molecule has 0 amide bonds. The first-order valence-corrected chi connectivity index (χ1v) is 38.9. The Labute approximate surface area is 537 Å². The highest BCUT2D eigenvalue weighted by Crippen LogP contribution is 2.45. The van der Waals surface area contributed by atoms with E-state index >= 15 is 0 Å². The number of ether oxygens (including phenoxy) is 4. The van der Waals surface area contributed by atoms with E-state index in [-0.39, 0.29) is 25.7 Å². The van der Waals surface area contributed by atoms with Crippen LogP contribution in [0.15, 0.2) is 0 Å². The van der Waals surface area contributed by atoms with Gasteiger partial charge in [0.1, 0.15) is 19.3 Å². The number of hydrogen-bond donors (Lipinski definition) is 3. The molecule has 88 heavy (non-hydrogen) atoms. The van der Waals surface area contributed by atoms with Crippen molar-refractivity contribution in [3.05, 3.63) is 0 Å². The Bertz CT molecular complexity index is 1740. The van der Waals surface area contributed by atoms with Crippen molar-refractivity contribution < 1.29 is 80.2 Å². The van der Waals surface area contributed by atoms with Crippen LogP contribution >= 0.6 is 15.6 Å². The normalized spacial score (nSPS) is 14.9. The van der Waals surface area contributed by atoms with Crippen LogP contribution in [0.2, 0.25) is 0 Å². The van der Waals surface area contributed by atoms with E-state index in [9.17, 15) is 43.2 Å². The van der Waals surface area contributed by atoms with Crippen LogP contribution in [-0.4, -0.2) is 96.7 Å². The summed E-state index contributed by atoms with van der Waals surface area (Å²) in [6, 6.07) is 0. The highest BCUT2D eigenvalue weighted by atomic mass is 31.2. The molecule has 17 nitrogen and oxygen atoms in total. The summed E-state index contributed by atoms with van der Waals surface area (Å²) in [4.78, 5) is 72.5. The molecule has 0 heterocycles. The lowest BCUT2D eigenvalue weighted by Gasteiger charge is -2.21. The molecule has 0 radical (unpaired) electrons. The third kappa shape index (κ3) is 60.3. The van der Waals surface area contributed by atoms with E-state index in [1.165, 1.54) is 154 Å². The van der Waals surface area contributed by atoms with Crippen LogP contribution in [0.5, 0.6) is 0 Å². The first-order valence-electron chi connectivity index (χ1n) is 35.9. The van der Waals surface area contributed by atoms with Crippen molar-refractivity contribution >= 4 is 39.5 Å². The van der Waals surface area contributed by atoms with Gasteiger partial charge in [-0.25, -0.2) is 9.13 Å². The van der Waals surface area contributed by atoms with Gasteiger partial charge < -0.3 is 33.8 Å². The average Bonchev–Trinajstić information content (AvgIpc) is 3.55. The van der Waals surface area contributed by atoms with Gasteiger partial charge in [0.05, 0.1) is 26.4 Å². The maximum absolute atomic E-state index is 13.0. The fourth-order valence-corrected chi connectivity index (χ4v) is 11.9. The van der Waals surface area contributed by atoms with Gasteiger partial charge in [-0.05, 0) is 43.4 Å². The summed E-state index contributed by atoms with van der Waals surface area (Å²) in [5, 5.41) is 10.6. The second-order valence-electron chi connectivity index (χ2n) is 25.9. The Hall–Kier alpha value is -1.94. The monoisotopic (exact) mass is 1300 g/mol. The van der Waals surface area contributed by atoms with Crippen molar-refractivity contribution in [1.29, 1.82) is 0 Å². The second kappa shape index (κ2) is 60.0. The number of carbonyl (C=O) groups is 4. The summed E-state index contributed by atoms with van der Waals surface area (Å²) in [6.45, 7) is 11.8. The van der Waals surface area contributed by atoms with Gasteiger partial charge in [0.15, 0.2) is 12.2 Å². The maximum Gasteiger partial charge on any atom is 0.472 e. The van der Waals surface area contributed by atoms with Crippen molar-refractivity contribution in [3.63, 3.8) is 0 Å². The molecule has 0 aliphatic rings.